The number of carbonyl (C=O) groups excluding carboxylic acids is 4. The molecular formula is C30H48ClN5O6. The molecule has 1 aliphatic heterocycles. The molecule has 0 bridgehead atoms. The summed E-state index contributed by atoms with van der Waals surface area (Å²) < 4.78 is 10.1. The highest BCUT2D eigenvalue weighted by molar-refractivity contribution is 6.04. The van der Waals surface area contributed by atoms with Crippen LogP contribution in [-0.2, 0) is 30.4 Å². The lowest BCUT2D eigenvalue weighted by Crippen LogP contribution is -2.53. The summed E-state index contributed by atoms with van der Waals surface area (Å²) in [6.07, 6.45) is 5.18. The zero-order valence-corrected chi connectivity index (χ0v) is 26.1. The molecule has 1 aromatic rings. The van der Waals surface area contributed by atoms with Crippen LogP contribution in [-0.4, -0.2) is 73.0 Å². The van der Waals surface area contributed by atoms with Crippen molar-refractivity contribution in [3.8, 4) is 0 Å². The van der Waals surface area contributed by atoms with Crippen molar-refractivity contribution in [1.82, 2.24) is 20.9 Å². The molecule has 1 aromatic carbocycles. The number of amides is 3. The van der Waals surface area contributed by atoms with Crippen molar-refractivity contribution in [2.24, 2.45) is 5.92 Å². The summed E-state index contributed by atoms with van der Waals surface area (Å²) in [6, 6.07) is 5.79. The Hall–Kier alpha value is -3.18. The van der Waals surface area contributed by atoms with Crippen LogP contribution in [0, 0.1) is 11.3 Å². The van der Waals surface area contributed by atoms with E-state index in [4.69, 9.17) is 14.9 Å². The average molecular weight is 610 g/mol. The first-order valence-electron chi connectivity index (χ1n) is 14.7. The van der Waals surface area contributed by atoms with Crippen molar-refractivity contribution >= 4 is 42.1 Å². The molecule has 1 fully saturated rings. The van der Waals surface area contributed by atoms with E-state index in [9.17, 15) is 19.2 Å². The van der Waals surface area contributed by atoms with Crippen LogP contribution in [0.4, 0.5) is 4.79 Å². The lowest BCUT2D eigenvalue weighted by atomic mass is 10.0. The van der Waals surface area contributed by atoms with Gasteiger partial charge in [-0.25, -0.2) is 4.79 Å². The molecule has 42 heavy (non-hydrogen) atoms. The summed E-state index contributed by atoms with van der Waals surface area (Å²) >= 11 is 0. The van der Waals surface area contributed by atoms with Crippen molar-refractivity contribution in [2.75, 3.05) is 26.3 Å². The Balaban J connectivity index is 0.00000882. The van der Waals surface area contributed by atoms with E-state index in [0.717, 1.165) is 37.7 Å². The molecule has 236 valence electrons. The van der Waals surface area contributed by atoms with Crippen LogP contribution in [0.1, 0.15) is 83.8 Å². The lowest BCUT2D eigenvalue weighted by molar-refractivity contribution is -0.143. The van der Waals surface area contributed by atoms with Crippen molar-refractivity contribution in [3.05, 3.63) is 35.4 Å². The number of amidine groups is 1. The first-order chi connectivity index (χ1) is 19.7. The van der Waals surface area contributed by atoms with Crippen molar-refractivity contribution < 1.29 is 28.7 Å². The van der Waals surface area contributed by atoms with E-state index in [1.807, 2.05) is 13.8 Å². The fourth-order valence-corrected chi connectivity index (χ4v) is 4.66. The second kappa shape index (κ2) is 19.9. The fourth-order valence-electron chi connectivity index (χ4n) is 4.66. The molecule has 0 radical (unpaired) electrons. The third-order valence-electron chi connectivity index (χ3n) is 6.81. The summed E-state index contributed by atoms with van der Waals surface area (Å²) in [5.41, 5.74) is 1.33. The lowest BCUT2D eigenvalue weighted by Gasteiger charge is -2.29. The van der Waals surface area contributed by atoms with Crippen molar-refractivity contribution in [1.29, 1.82) is 5.41 Å². The third kappa shape index (κ3) is 12.8. The van der Waals surface area contributed by atoms with E-state index in [-0.39, 0.29) is 55.7 Å². The van der Waals surface area contributed by atoms with Gasteiger partial charge in [-0.3, -0.25) is 30.4 Å². The molecule has 11 nitrogen and oxygen atoms in total. The number of rotatable bonds is 16. The maximum Gasteiger partial charge on any atom is 0.412 e. The summed E-state index contributed by atoms with van der Waals surface area (Å²) in [5, 5.41) is 16.5. The minimum absolute atomic E-state index is 0. The number of benzene rings is 1. The van der Waals surface area contributed by atoms with E-state index in [1.165, 1.54) is 0 Å². The summed E-state index contributed by atoms with van der Waals surface area (Å²) in [5.74, 6) is -0.680. The number of likely N-dealkylation sites (tertiary alicyclic amines) is 1. The zero-order valence-electron chi connectivity index (χ0n) is 25.3. The second-order valence-corrected chi connectivity index (χ2v) is 10.7. The number of hydrogen-bond acceptors (Lipinski definition) is 8. The van der Waals surface area contributed by atoms with Crippen LogP contribution in [0.5, 0.6) is 0 Å². The zero-order chi connectivity index (χ0) is 30.2. The average Bonchev–Trinajstić information content (AvgIpc) is 3.44. The standard InChI is InChI=1S/C30H47N5O6.ClH/c1-5-7-8-9-17-41-30(39)34-27(31)23-14-12-22(13-15-23)19-33-28(37)25-11-10-16-35(25)29(38)24(18-21(3)4)32-20-26(36)40-6-2;/h12-15,21,24-25,32H,5-11,16-20H2,1-4H3,(H,33,37)(H2,31,34,39);1H/t24-,25+;/m1./s1. The van der Waals surface area contributed by atoms with Crippen molar-refractivity contribution in [3.63, 3.8) is 0 Å². The van der Waals surface area contributed by atoms with Gasteiger partial charge in [0.15, 0.2) is 0 Å². The minimum atomic E-state index is -0.648. The van der Waals surface area contributed by atoms with E-state index in [2.05, 4.69) is 22.9 Å². The van der Waals surface area contributed by atoms with Gasteiger partial charge >= 0.3 is 12.1 Å². The summed E-state index contributed by atoms with van der Waals surface area (Å²) in [6.45, 7) is 9.12. The van der Waals surface area contributed by atoms with Gasteiger partial charge in [0.1, 0.15) is 11.9 Å². The normalized spacial score (nSPS) is 15.0. The van der Waals surface area contributed by atoms with Gasteiger partial charge in [0, 0.05) is 18.7 Å². The number of nitrogens with zero attached hydrogens (tertiary/aromatic N) is 1. The predicted molar refractivity (Wildman–Crippen MR) is 164 cm³/mol. The van der Waals surface area contributed by atoms with E-state index < -0.39 is 24.1 Å². The smallest absolute Gasteiger partial charge is 0.412 e. The molecule has 1 aliphatic rings. The number of unbranched alkanes of at least 4 members (excludes halogenated alkanes) is 3. The Morgan fingerprint density at radius 3 is 2.40 bits per heavy atom. The third-order valence-corrected chi connectivity index (χ3v) is 6.81. The molecule has 0 spiro atoms. The largest absolute Gasteiger partial charge is 0.465 e. The minimum Gasteiger partial charge on any atom is -0.465 e. The first-order valence-corrected chi connectivity index (χ1v) is 14.7. The highest BCUT2D eigenvalue weighted by Crippen LogP contribution is 2.21. The van der Waals surface area contributed by atoms with Gasteiger partial charge in [0.05, 0.1) is 25.8 Å². The number of hydrogen-bond donors (Lipinski definition) is 4. The molecule has 0 aliphatic carbocycles. The van der Waals surface area contributed by atoms with E-state index in [0.29, 0.717) is 31.6 Å². The number of ether oxygens (including phenoxy) is 2. The Kier molecular flexibility index (Phi) is 17.4. The molecule has 2 atom stereocenters. The van der Waals surface area contributed by atoms with E-state index >= 15 is 0 Å². The van der Waals surface area contributed by atoms with Gasteiger partial charge in [-0.15, -0.1) is 12.4 Å². The quantitative estimate of drug-likeness (QED) is 0.0960. The Bertz CT molecular complexity index is 1020. The number of nitrogens with one attached hydrogen (secondary N) is 4. The summed E-state index contributed by atoms with van der Waals surface area (Å²) in [7, 11) is 0. The molecule has 0 aromatic heterocycles. The summed E-state index contributed by atoms with van der Waals surface area (Å²) in [4.78, 5) is 51.8. The predicted octanol–water partition coefficient (Wildman–Crippen LogP) is 3.91. The molecule has 4 N–H and O–H groups in total. The maximum atomic E-state index is 13.4. The number of alkyl carbamates (subject to hydrolysis) is 1. The SMILES string of the molecule is CCCCCCOC(=O)NC(=N)c1ccc(CNC(=O)[C@@H]2CCCN2C(=O)[C@@H](CC(C)C)NCC(=O)OCC)cc1.Cl. The Morgan fingerprint density at radius 1 is 1.05 bits per heavy atom. The van der Waals surface area contributed by atoms with Crippen LogP contribution in [0.2, 0.25) is 0 Å². The van der Waals surface area contributed by atoms with Crippen LogP contribution >= 0.6 is 12.4 Å². The molecule has 1 heterocycles. The van der Waals surface area contributed by atoms with Crippen LogP contribution in [0.15, 0.2) is 24.3 Å². The monoisotopic (exact) mass is 609 g/mol. The highest BCUT2D eigenvalue weighted by atomic mass is 35.5. The maximum absolute atomic E-state index is 13.4. The molecule has 2 rings (SSSR count). The van der Waals surface area contributed by atoms with Gasteiger partial charge in [-0.2, -0.15) is 0 Å². The van der Waals surface area contributed by atoms with Crippen molar-refractivity contribution in [2.45, 2.75) is 91.3 Å². The fraction of sp³-hybridized carbons (Fsp3) is 0.633. The molecule has 3 amide bonds. The Labute approximate surface area is 255 Å². The van der Waals surface area contributed by atoms with Crippen LogP contribution < -0.4 is 16.0 Å². The molecule has 12 heteroatoms. The van der Waals surface area contributed by atoms with Gasteiger partial charge < -0.3 is 19.7 Å². The Morgan fingerprint density at radius 2 is 1.76 bits per heavy atom. The van der Waals surface area contributed by atoms with Gasteiger partial charge in [0.25, 0.3) is 0 Å². The molecule has 0 unspecified atom stereocenters. The van der Waals surface area contributed by atoms with Gasteiger partial charge in [0.2, 0.25) is 11.8 Å². The van der Waals surface area contributed by atoms with Gasteiger partial charge in [-0.1, -0.05) is 64.3 Å². The highest BCUT2D eigenvalue weighted by Gasteiger charge is 2.37. The first kappa shape index (κ1) is 36.8. The topological polar surface area (TPSA) is 150 Å². The van der Waals surface area contributed by atoms with Crippen LogP contribution in [0.25, 0.3) is 0 Å². The molecule has 0 saturated carbocycles. The number of carbonyl (C=O) groups is 4. The van der Waals surface area contributed by atoms with E-state index in [1.54, 1.807) is 36.1 Å². The molecule has 1 saturated heterocycles. The number of esters is 1. The van der Waals surface area contributed by atoms with Crippen LogP contribution in [0.3, 0.4) is 0 Å². The molecular weight excluding hydrogens is 562 g/mol. The number of halogens is 1. The second-order valence-electron chi connectivity index (χ2n) is 10.7. The van der Waals surface area contributed by atoms with Gasteiger partial charge in [-0.05, 0) is 44.1 Å².